The van der Waals surface area contributed by atoms with Crippen LogP contribution in [-0.2, 0) is 10.0 Å². The van der Waals surface area contributed by atoms with Gasteiger partial charge in [-0.05, 0) is 55.8 Å². The Morgan fingerprint density at radius 1 is 1.17 bits per heavy atom. The van der Waals surface area contributed by atoms with Crippen molar-refractivity contribution in [1.29, 1.82) is 0 Å². The molecule has 9 heteroatoms. The van der Waals surface area contributed by atoms with Crippen LogP contribution in [0, 0.1) is 0 Å². The van der Waals surface area contributed by atoms with Crippen molar-refractivity contribution >= 4 is 42.6 Å². The van der Waals surface area contributed by atoms with Crippen molar-refractivity contribution in [2.24, 2.45) is 0 Å². The van der Waals surface area contributed by atoms with Gasteiger partial charge in [0.15, 0.2) is 5.13 Å². The van der Waals surface area contributed by atoms with Crippen LogP contribution in [0.25, 0.3) is 10.2 Å². The number of aromatic nitrogens is 1. The average Bonchev–Trinajstić information content (AvgIpc) is 3.13. The summed E-state index contributed by atoms with van der Waals surface area (Å²) in [5.74, 6) is 0.412. The molecule has 7 nitrogen and oxygen atoms in total. The summed E-state index contributed by atoms with van der Waals surface area (Å²) in [6.07, 6.45) is 1.71. The number of anilines is 1. The zero-order valence-corrected chi connectivity index (χ0v) is 18.8. The Balaban J connectivity index is 1.72. The summed E-state index contributed by atoms with van der Waals surface area (Å²) in [6.45, 7) is 4.97. The Kier molecular flexibility index (Phi) is 7.06. The van der Waals surface area contributed by atoms with Gasteiger partial charge in [0.2, 0.25) is 10.0 Å². The highest BCUT2D eigenvalue weighted by atomic mass is 32.2. The summed E-state index contributed by atoms with van der Waals surface area (Å²) in [6, 6.07) is 11.5. The lowest BCUT2D eigenvalue weighted by atomic mass is 10.2. The first-order chi connectivity index (χ1) is 14.3. The van der Waals surface area contributed by atoms with Crippen molar-refractivity contribution in [1.82, 2.24) is 9.29 Å². The monoisotopic (exact) mass is 447 g/mol. The van der Waals surface area contributed by atoms with Crippen molar-refractivity contribution in [3.05, 3.63) is 48.0 Å². The van der Waals surface area contributed by atoms with Crippen molar-refractivity contribution in [3.8, 4) is 5.75 Å². The van der Waals surface area contributed by atoms with Gasteiger partial charge in [-0.1, -0.05) is 24.7 Å². The summed E-state index contributed by atoms with van der Waals surface area (Å²) >= 11 is 1.35. The number of carbonyl (C=O) groups is 1. The molecule has 160 valence electrons. The van der Waals surface area contributed by atoms with E-state index in [1.807, 2.05) is 32.0 Å². The van der Waals surface area contributed by atoms with Crippen LogP contribution < -0.4 is 10.1 Å². The number of amides is 1. The Bertz CT molecular complexity index is 1120. The largest absolute Gasteiger partial charge is 0.494 e. The third-order valence-electron chi connectivity index (χ3n) is 4.54. The molecule has 2 aromatic carbocycles. The van der Waals surface area contributed by atoms with Gasteiger partial charge in [0.05, 0.1) is 21.7 Å². The highest BCUT2D eigenvalue weighted by Crippen LogP contribution is 2.29. The molecule has 1 aromatic heterocycles. The van der Waals surface area contributed by atoms with Crippen LogP contribution in [0.2, 0.25) is 0 Å². The van der Waals surface area contributed by atoms with Gasteiger partial charge < -0.3 is 4.74 Å². The second-order valence-electron chi connectivity index (χ2n) is 6.74. The van der Waals surface area contributed by atoms with Gasteiger partial charge in [-0.25, -0.2) is 17.7 Å². The molecule has 0 radical (unpaired) electrons. The molecule has 1 heterocycles. The number of benzene rings is 2. The number of thiazole rings is 1. The van der Waals surface area contributed by atoms with Crippen LogP contribution in [0.15, 0.2) is 47.4 Å². The number of fused-ring (bicyclic) bond motifs is 1. The second kappa shape index (κ2) is 9.55. The van der Waals surface area contributed by atoms with Crippen LogP contribution in [0.4, 0.5) is 5.13 Å². The third-order valence-corrected chi connectivity index (χ3v) is 7.35. The van der Waals surface area contributed by atoms with Crippen molar-refractivity contribution in [2.75, 3.05) is 25.5 Å². The minimum absolute atomic E-state index is 0.168. The molecule has 0 fully saturated rings. The summed E-state index contributed by atoms with van der Waals surface area (Å²) < 4.78 is 32.9. The molecule has 0 atom stereocenters. The van der Waals surface area contributed by atoms with Crippen LogP contribution in [0.3, 0.4) is 0 Å². The molecule has 30 heavy (non-hydrogen) atoms. The van der Waals surface area contributed by atoms with Crippen LogP contribution >= 0.6 is 11.3 Å². The van der Waals surface area contributed by atoms with E-state index in [2.05, 4.69) is 10.3 Å². The van der Waals surface area contributed by atoms with E-state index in [0.29, 0.717) is 23.8 Å². The number of sulfonamides is 1. The number of unbranched alkanes of at least 4 members (excludes halogenated alkanes) is 1. The lowest BCUT2D eigenvalue weighted by Crippen LogP contribution is -2.28. The van der Waals surface area contributed by atoms with Gasteiger partial charge in [0.25, 0.3) is 5.91 Å². The normalized spacial score (nSPS) is 11.7. The maximum absolute atomic E-state index is 12.6. The van der Waals surface area contributed by atoms with Gasteiger partial charge in [0, 0.05) is 19.2 Å². The first kappa shape index (κ1) is 22.2. The number of carbonyl (C=O) groups excluding carboxylic acids is 1. The number of ether oxygens (including phenoxy) is 1. The molecular weight excluding hydrogens is 422 g/mol. The van der Waals surface area contributed by atoms with Crippen molar-refractivity contribution in [3.63, 3.8) is 0 Å². The number of hydrogen-bond acceptors (Lipinski definition) is 6. The smallest absolute Gasteiger partial charge is 0.257 e. The fraction of sp³-hybridized carbons (Fsp3) is 0.333. The topological polar surface area (TPSA) is 88.6 Å². The first-order valence-corrected chi connectivity index (χ1v) is 12.0. The SMILES string of the molecule is CCCCN(C)S(=O)(=O)c1ccc(C(=O)Nc2nc3ccc(OCC)cc3s2)cc1. The third kappa shape index (κ3) is 4.97. The molecular formula is C21H25N3O4S2. The van der Waals surface area contributed by atoms with E-state index < -0.39 is 10.0 Å². The number of nitrogens with one attached hydrogen (secondary N) is 1. The zero-order valence-electron chi connectivity index (χ0n) is 17.2. The summed E-state index contributed by atoms with van der Waals surface area (Å²) in [7, 11) is -1.99. The molecule has 0 aliphatic heterocycles. The molecule has 1 amide bonds. The molecule has 3 rings (SSSR count). The fourth-order valence-corrected chi connectivity index (χ4v) is 4.94. The molecule has 0 unspecified atom stereocenters. The maximum Gasteiger partial charge on any atom is 0.257 e. The molecule has 0 saturated carbocycles. The van der Waals surface area contributed by atoms with E-state index in [1.165, 1.54) is 39.9 Å². The molecule has 0 aliphatic rings. The van der Waals surface area contributed by atoms with E-state index in [-0.39, 0.29) is 10.8 Å². The minimum Gasteiger partial charge on any atom is -0.494 e. The van der Waals surface area contributed by atoms with E-state index >= 15 is 0 Å². The van der Waals surface area contributed by atoms with Crippen LogP contribution in [-0.4, -0.2) is 43.8 Å². The Hall–Kier alpha value is -2.49. The van der Waals surface area contributed by atoms with Crippen molar-refractivity contribution in [2.45, 2.75) is 31.6 Å². The summed E-state index contributed by atoms with van der Waals surface area (Å²) in [4.78, 5) is 17.2. The van der Waals surface area contributed by atoms with Gasteiger partial charge in [-0.2, -0.15) is 0 Å². The quantitative estimate of drug-likeness (QED) is 0.526. The Morgan fingerprint density at radius 3 is 2.57 bits per heavy atom. The van der Waals surface area contributed by atoms with E-state index in [4.69, 9.17) is 4.74 Å². The average molecular weight is 448 g/mol. The lowest BCUT2D eigenvalue weighted by molar-refractivity contribution is 0.102. The minimum atomic E-state index is -3.56. The maximum atomic E-state index is 12.6. The Morgan fingerprint density at radius 2 is 1.90 bits per heavy atom. The molecule has 0 spiro atoms. The Labute approximate surface area is 180 Å². The van der Waals surface area contributed by atoms with Gasteiger partial charge in [-0.15, -0.1) is 0 Å². The second-order valence-corrected chi connectivity index (χ2v) is 9.82. The summed E-state index contributed by atoms with van der Waals surface area (Å²) in [5, 5.41) is 3.25. The standard InChI is InChI=1S/C21H25N3O4S2/c1-4-6-13-24(3)30(26,27)17-10-7-15(8-11-17)20(25)23-21-22-18-12-9-16(28-5-2)14-19(18)29-21/h7-12,14H,4-6,13H2,1-3H3,(H,22,23,25). The molecule has 1 N–H and O–H groups in total. The fourth-order valence-electron chi connectivity index (χ4n) is 2.84. The number of nitrogens with zero attached hydrogens (tertiary/aromatic N) is 2. The van der Waals surface area contributed by atoms with Crippen LogP contribution in [0.1, 0.15) is 37.0 Å². The zero-order chi connectivity index (χ0) is 21.7. The van der Waals surface area contributed by atoms with Gasteiger partial charge >= 0.3 is 0 Å². The first-order valence-electron chi connectivity index (χ1n) is 9.76. The van der Waals surface area contributed by atoms with Crippen LogP contribution in [0.5, 0.6) is 5.75 Å². The van der Waals surface area contributed by atoms with E-state index in [0.717, 1.165) is 28.8 Å². The molecule has 0 aliphatic carbocycles. The highest BCUT2D eigenvalue weighted by molar-refractivity contribution is 7.89. The highest BCUT2D eigenvalue weighted by Gasteiger charge is 2.20. The molecule has 3 aromatic rings. The van der Waals surface area contributed by atoms with E-state index in [1.54, 1.807) is 7.05 Å². The number of rotatable bonds is 9. The van der Waals surface area contributed by atoms with Gasteiger partial charge in [-0.3, -0.25) is 10.1 Å². The predicted molar refractivity (Wildman–Crippen MR) is 120 cm³/mol. The molecule has 0 saturated heterocycles. The predicted octanol–water partition coefficient (Wildman–Crippen LogP) is 4.37. The van der Waals surface area contributed by atoms with Crippen molar-refractivity contribution < 1.29 is 17.9 Å². The van der Waals surface area contributed by atoms with Gasteiger partial charge in [0.1, 0.15) is 5.75 Å². The van der Waals surface area contributed by atoms with E-state index in [9.17, 15) is 13.2 Å². The summed E-state index contributed by atoms with van der Waals surface area (Å²) in [5.41, 5.74) is 1.13. The molecule has 0 bridgehead atoms. The lowest BCUT2D eigenvalue weighted by Gasteiger charge is -2.16. The number of hydrogen-bond donors (Lipinski definition) is 1.